The monoisotopic (exact) mass is 742 g/mol. The molecule has 0 spiro atoms. The van der Waals surface area contributed by atoms with E-state index in [-0.39, 0.29) is 38.6 Å². The molecule has 3 N–H and O–H groups in total. The third kappa shape index (κ3) is 37.8. The average molecular weight is 742 g/mol. The maximum absolute atomic E-state index is 12.5. The van der Waals surface area contributed by atoms with Gasteiger partial charge in [-0.25, -0.2) is 4.57 Å². The topological polar surface area (TPSA) is 134 Å². The molecule has 298 valence electrons. The lowest BCUT2D eigenvalue weighted by atomic mass is 10.0. The Kier molecular flexibility index (Phi) is 36.7. The van der Waals surface area contributed by atoms with Crippen molar-refractivity contribution < 1.29 is 37.6 Å². The van der Waals surface area contributed by atoms with Crippen molar-refractivity contribution in [2.75, 3.05) is 26.4 Å². The van der Waals surface area contributed by atoms with Gasteiger partial charge in [-0.3, -0.25) is 18.6 Å². The molecule has 10 heteroatoms. The molecule has 0 fully saturated rings. The lowest BCUT2D eigenvalue weighted by Gasteiger charge is -2.19. The van der Waals surface area contributed by atoms with Gasteiger partial charge in [-0.2, -0.15) is 0 Å². The number of phosphoric ester groups is 1. The van der Waals surface area contributed by atoms with Gasteiger partial charge in [0.15, 0.2) is 6.10 Å². The van der Waals surface area contributed by atoms with E-state index >= 15 is 0 Å². The summed E-state index contributed by atoms with van der Waals surface area (Å²) in [5.74, 6) is -0.852. The van der Waals surface area contributed by atoms with Gasteiger partial charge in [0.05, 0.1) is 13.2 Å². The van der Waals surface area contributed by atoms with Crippen LogP contribution in [0, 0.1) is 0 Å². The minimum Gasteiger partial charge on any atom is -0.462 e. The zero-order valence-electron chi connectivity index (χ0n) is 32.6. The molecule has 0 aromatic rings. The van der Waals surface area contributed by atoms with Gasteiger partial charge in [0.1, 0.15) is 6.61 Å². The number of hydrogen-bond acceptors (Lipinski definition) is 8. The lowest BCUT2D eigenvalue weighted by Crippen LogP contribution is -2.29. The fourth-order valence-electron chi connectivity index (χ4n) is 5.46. The van der Waals surface area contributed by atoms with Crippen LogP contribution in [0.3, 0.4) is 0 Å². The average Bonchev–Trinajstić information content (AvgIpc) is 3.11. The quantitative estimate of drug-likeness (QED) is 0.0274. The minimum absolute atomic E-state index is 0.0497. The summed E-state index contributed by atoms with van der Waals surface area (Å²) in [6.07, 6.45) is 40.2. The predicted molar refractivity (Wildman–Crippen MR) is 210 cm³/mol. The molecule has 0 rings (SSSR count). The van der Waals surface area contributed by atoms with Gasteiger partial charge in [-0.1, -0.05) is 153 Å². The number of carbonyl (C=O) groups is 2. The van der Waals surface area contributed by atoms with Gasteiger partial charge in [0.2, 0.25) is 0 Å². The van der Waals surface area contributed by atoms with Crippen molar-refractivity contribution in [3.63, 3.8) is 0 Å². The molecule has 0 aromatic heterocycles. The van der Waals surface area contributed by atoms with Gasteiger partial charge in [-0.05, 0) is 51.4 Å². The van der Waals surface area contributed by atoms with Crippen molar-refractivity contribution in [3.8, 4) is 0 Å². The molecule has 9 nitrogen and oxygen atoms in total. The van der Waals surface area contributed by atoms with Crippen molar-refractivity contribution in [2.45, 2.75) is 187 Å². The highest BCUT2D eigenvalue weighted by molar-refractivity contribution is 7.47. The molecular weight excluding hydrogens is 665 g/mol. The maximum Gasteiger partial charge on any atom is 0.472 e. The lowest BCUT2D eigenvalue weighted by molar-refractivity contribution is -0.161. The zero-order chi connectivity index (χ0) is 37.5. The first-order chi connectivity index (χ1) is 24.8. The first-order valence-electron chi connectivity index (χ1n) is 20.5. The van der Waals surface area contributed by atoms with Crippen LogP contribution in [0.15, 0.2) is 36.5 Å². The number of esters is 2. The molecule has 0 saturated carbocycles. The highest BCUT2D eigenvalue weighted by Crippen LogP contribution is 2.43. The molecule has 0 radical (unpaired) electrons. The van der Waals surface area contributed by atoms with E-state index in [2.05, 4.69) is 50.3 Å². The molecule has 0 amide bonds. The van der Waals surface area contributed by atoms with E-state index in [1.54, 1.807) is 0 Å². The van der Waals surface area contributed by atoms with Crippen molar-refractivity contribution in [3.05, 3.63) is 36.5 Å². The van der Waals surface area contributed by atoms with E-state index in [9.17, 15) is 19.0 Å². The molecule has 2 unspecified atom stereocenters. The van der Waals surface area contributed by atoms with Crippen LogP contribution < -0.4 is 5.73 Å². The largest absolute Gasteiger partial charge is 0.472 e. The summed E-state index contributed by atoms with van der Waals surface area (Å²) in [6.45, 7) is 3.67. The van der Waals surface area contributed by atoms with Gasteiger partial charge < -0.3 is 20.1 Å². The fourth-order valence-corrected chi connectivity index (χ4v) is 6.23. The summed E-state index contributed by atoms with van der Waals surface area (Å²) in [5, 5.41) is 0. The SMILES string of the molecule is CCCCCC=CCC=CCC=CCCCCCCC(=O)OC(COC(=O)CCCCCCCCCCCCCCC)COP(=O)(O)OCCN. The third-order valence-electron chi connectivity index (χ3n) is 8.53. The van der Waals surface area contributed by atoms with E-state index in [4.69, 9.17) is 24.3 Å². The van der Waals surface area contributed by atoms with E-state index in [1.807, 2.05) is 0 Å². The van der Waals surface area contributed by atoms with E-state index in [1.165, 1.54) is 89.9 Å². The summed E-state index contributed by atoms with van der Waals surface area (Å²) in [5.41, 5.74) is 5.34. The van der Waals surface area contributed by atoms with E-state index in [0.29, 0.717) is 6.42 Å². The van der Waals surface area contributed by atoms with Crippen molar-refractivity contribution in [1.29, 1.82) is 0 Å². The van der Waals surface area contributed by atoms with Gasteiger partial charge in [-0.15, -0.1) is 0 Å². The Morgan fingerprint density at radius 1 is 0.588 bits per heavy atom. The Morgan fingerprint density at radius 3 is 1.55 bits per heavy atom. The number of phosphoric acid groups is 1. The Bertz CT molecular complexity index is 939. The number of nitrogens with two attached hydrogens (primary N) is 1. The smallest absolute Gasteiger partial charge is 0.462 e. The molecule has 0 aliphatic heterocycles. The predicted octanol–water partition coefficient (Wildman–Crippen LogP) is 11.4. The van der Waals surface area contributed by atoms with Crippen LogP contribution in [0.1, 0.15) is 181 Å². The molecule has 0 bridgehead atoms. The Labute approximate surface area is 312 Å². The zero-order valence-corrected chi connectivity index (χ0v) is 33.5. The van der Waals surface area contributed by atoms with Crippen LogP contribution in [0.2, 0.25) is 0 Å². The number of hydrogen-bond donors (Lipinski definition) is 2. The van der Waals surface area contributed by atoms with Gasteiger partial charge >= 0.3 is 19.8 Å². The second kappa shape index (κ2) is 38.0. The molecule has 51 heavy (non-hydrogen) atoms. The molecule has 0 saturated heterocycles. The fraction of sp³-hybridized carbons (Fsp3) is 0.805. The Morgan fingerprint density at radius 2 is 1.02 bits per heavy atom. The molecule has 0 aromatic carbocycles. The van der Waals surface area contributed by atoms with Crippen molar-refractivity contribution >= 4 is 19.8 Å². The van der Waals surface area contributed by atoms with Crippen LogP contribution in [0.4, 0.5) is 0 Å². The summed E-state index contributed by atoms with van der Waals surface area (Å²) in [4.78, 5) is 34.8. The molecule has 2 atom stereocenters. The Hall–Kier alpha value is -1.77. The second-order valence-corrected chi connectivity index (χ2v) is 15.0. The molecular formula is C41H76NO8P. The number of carbonyl (C=O) groups excluding carboxylic acids is 2. The summed E-state index contributed by atoms with van der Waals surface area (Å²) in [6, 6.07) is 0. The van der Waals surface area contributed by atoms with Crippen molar-refractivity contribution in [2.24, 2.45) is 5.73 Å². The first kappa shape index (κ1) is 49.2. The van der Waals surface area contributed by atoms with E-state index in [0.717, 1.165) is 57.8 Å². The standard InChI is InChI=1S/C41H76NO8P/c1-3-5-7-9-11-13-15-17-18-19-20-22-24-26-28-30-32-34-41(44)50-39(38-49-51(45,46)48-36-35-42)37-47-40(43)33-31-29-27-25-23-21-16-14-12-10-8-6-4-2/h11,13,17-18,20,22,39H,3-10,12,14-16,19,21,23-38,42H2,1-2H3,(H,45,46). The van der Waals surface area contributed by atoms with Crippen LogP contribution in [0.5, 0.6) is 0 Å². The second-order valence-electron chi connectivity index (χ2n) is 13.5. The number of ether oxygens (including phenoxy) is 2. The highest BCUT2D eigenvalue weighted by atomic mass is 31.2. The van der Waals surface area contributed by atoms with E-state index < -0.39 is 26.5 Å². The normalized spacial score (nSPS) is 13.7. The van der Waals surface area contributed by atoms with Gasteiger partial charge in [0, 0.05) is 19.4 Å². The van der Waals surface area contributed by atoms with Crippen LogP contribution >= 0.6 is 7.82 Å². The summed E-state index contributed by atoms with van der Waals surface area (Å²) >= 11 is 0. The summed E-state index contributed by atoms with van der Waals surface area (Å²) < 4.78 is 32.7. The third-order valence-corrected chi connectivity index (χ3v) is 9.51. The number of rotatable bonds is 38. The number of allylic oxidation sites excluding steroid dienone is 6. The molecule has 0 heterocycles. The Balaban J connectivity index is 4.23. The summed E-state index contributed by atoms with van der Waals surface area (Å²) in [7, 11) is -4.38. The number of unbranched alkanes of at least 4 members (excludes halogenated alkanes) is 19. The van der Waals surface area contributed by atoms with Gasteiger partial charge in [0.25, 0.3) is 0 Å². The van der Waals surface area contributed by atoms with Crippen molar-refractivity contribution in [1.82, 2.24) is 0 Å². The van der Waals surface area contributed by atoms with Crippen LogP contribution in [-0.4, -0.2) is 49.3 Å². The minimum atomic E-state index is -4.38. The molecule has 0 aliphatic carbocycles. The first-order valence-corrected chi connectivity index (χ1v) is 22.0. The molecule has 0 aliphatic rings. The van der Waals surface area contributed by atoms with Crippen LogP contribution in [0.25, 0.3) is 0 Å². The maximum atomic E-state index is 12.5. The van der Waals surface area contributed by atoms with Crippen LogP contribution in [-0.2, 0) is 32.7 Å². The highest BCUT2D eigenvalue weighted by Gasteiger charge is 2.25.